The van der Waals surface area contributed by atoms with Crippen LogP contribution < -0.4 is 5.56 Å². The molecule has 6 nitrogen and oxygen atoms in total. The monoisotopic (exact) mass is 383 g/mol. The summed E-state index contributed by atoms with van der Waals surface area (Å²) in [6, 6.07) is 3.95. The Morgan fingerprint density at radius 2 is 1.57 bits per heavy atom. The molecule has 0 saturated carbocycles. The molecule has 0 aliphatic carbocycles. The van der Waals surface area contributed by atoms with Gasteiger partial charge >= 0.3 is 0 Å². The molecule has 0 N–H and O–H groups in total. The van der Waals surface area contributed by atoms with Gasteiger partial charge in [0.2, 0.25) is 0 Å². The molecule has 6 heteroatoms. The molecule has 0 spiro atoms. The van der Waals surface area contributed by atoms with Crippen molar-refractivity contribution in [3.8, 4) is 0 Å². The molecule has 2 aliphatic heterocycles. The molecule has 152 valence electrons. The van der Waals surface area contributed by atoms with Crippen LogP contribution in [-0.2, 0) is 27.2 Å². The zero-order valence-corrected chi connectivity index (χ0v) is 17.3. The molecular weight excluding hydrogens is 350 g/mol. The predicted octanol–water partition coefficient (Wildman–Crippen LogP) is 2.24. The lowest BCUT2D eigenvalue weighted by atomic mass is 9.78. The van der Waals surface area contributed by atoms with E-state index in [4.69, 9.17) is 0 Å². The van der Waals surface area contributed by atoms with E-state index in [2.05, 4.69) is 21.1 Å². The second-order valence-electron chi connectivity index (χ2n) is 8.70. The molecule has 2 saturated heterocycles. The number of piperidine rings is 2. The molecule has 2 aromatic heterocycles. The zero-order chi connectivity index (χ0) is 19.5. The molecule has 4 heterocycles. The van der Waals surface area contributed by atoms with Crippen LogP contribution in [0.3, 0.4) is 0 Å². The Balaban J connectivity index is 1.22. The fourth-order valence-electron chi connectivity index (χ4n) is 4.99. The molecule has 2 fully saturated rings. The minimum absolute atomic E-state index is 0.144. The summed E-state index contributed by atoms with van der Waals surface area (Å²) in [6.45, 7) is 6.49. The Kier molecular flexibility index (Phi) is 5.97. The fraction of sp³-hybridized carbons (Fsp3) is 0.636. The highest BCUT2D eigenvalue weighted by Gasteiger charge is 2.29. The van der Waals surface area contributed by atoms with Crippen LogP contribution in [0.15, 0.2) is 35.5 Å². The Labute approximate surface area is 167 Å². The van der Waals surface area contributed by atoms with Crippen molar-refractivity contribution >= 4 is 0 Å². The lowest BCUT2D eigenvalue weighted by Gasteiger charge is -2.40. The highest BCUT2D eigenvalue weighted by Crippen LogP contribution is 2.33. The standard InChI is InChI=1S/C22H33N5O/c1-24-9-3-4-21(22(24)28)17-27-12-7-20(8-13-27)19-5-10-26(11-6-19)16-18-14-23-25(2)15-18/h3-4,9,14-15,19-20H,5-8,10-13,16-17H2,1-2H3. The number of aryl methyl sites for hydroxylation is 2. The number of hydrogen-bond donors (Lipinski definition) is 0. The fourth-order valence-corrected chi connectivity index (χ4v) is 4.99. The number of likely N-dealkylation sites (tertiary alicyclic amines) is 2. The van der Waals surface area contributed by atoms with Crippen LogP contribution >= 0.6 is 0 Å². The van der Waals surface area contributed by atoms with Gasteiger partial charge in [0, 0.05) is 50.7 Å². The topological polar surface area (TPSA) is 46.3 Å². The second-order valence-corrected chi connectivity index (χ2v) is 8.70. The molecule has 0 unspecified atom stereocenters. The number of hydrogen-bond acceptors (Lipinski definition) is 4. The molecule has 0 atom stereocenters. The van der Waals surface area contributed by atoms with E-state index in [0.29, 0.717) is 0 Å². The Morgan fingerprint density at radius 1 is 0.964 bits per heavy atom. The maximum atomic E-state index is 12.2. The van der Waals surface area contributed by atoms with Crippen molar-refractivity contribution in [1.29, 1.82) is 0 Å². The van der Waals surface area contributed by atoms with E-state index >= 15 is 0 Å². The maximum Gasteiger partial charge on any atom is 0.254 e. The molecule has 2 aromatic rings. The highest BCUT2D eigenvalue weighted by atomic mass is 16.1. The van der Waals surface area contributed by atoms with E-state index in [-0.39, 0.29) is 5.56 Å². The Morgan fingerprint density at radius 3 is 2.14 bits per heavy atom. The Bertz CT molecular complexity index is 825. The van der Waals surface area contributed by atoms with Gasteiger partial charge in [-0.3, -0.25) is 19.3 Å². The first-order chi connectivity index (χ1) is 13.6. The van der Waals surface area contributed by atoms with Crippen LogP contribution in [0, 0.1) is 11.8 Å². The first-order valence-electron chi connectivity index (χ1n) is 10.7. The lowest BCUT2D eigenvalue weighted by Crippen LogP contribution is -2.41. The normalized spacial score (nSPS) is 20.6. The van der Waals surface area contributed by atoms with Gasteiger partial charge in [0.1, 0.15) is 0 Å². The molecule has 0 amide bonds. The van der Waals surface area contributed by atoms with E-state index in [1.165, 1.54) is 44.3 Å². The van der Waals surface area contributed by atoms with Gasteiger partial charge in [-0.2, -0.15) is 5.10 Å². The third-order valence-corrected chi connectivity index (χ3v) is 6.69. The van der Waals surface area contributed by atoms with E-state index in [1.807, 2.05) is 43.3 Å². The van der Waals surface area contributed by atoms with Crippen molar-refractivity contribution in [3.05, 3.63) is 52.2 Å². The second kappa shape index (κ2) is 8.62. The predicted molar refractivity (Wildman–Crippen MR) is 111 cm³/mol. The summed E-state index contributed by atoms with van der Waals surface area (Å²) in [5.74, 6) is 1.73. The van der Waals surface area contributed by atoms with Crippen LogP contribution in [0.1, 0.15) is 36.8 Å². The minimum Gasteiger partial charge on any atom is -0.318 e. The summed E-state index contributed by atoms with van der Waals surface area (Å²) < 4.78 is 3.57. The quantitative estimate of drug-likeness (QED) is 0.794. The zero-order valence-electron chi connectivity index (χ0n) is 17.3. The SMILES string of the molecule is Cn1cc(CN2CCC(C3CCN(Cc4cccn(C)c4=O)CC3)CC2)cn1. The summed E-state index contributed by atoms with van der Waals surface area (Å²) in [5.41, 5.74) is 2.39. The largest absolute Gasteiger partial charge is 0.318 e. The molecule has 28 heavy (non-hydrogen) atoms. The number of pyridine rings is 1. The van der Waals surface area contributed by atoms with E-state index in [0.717, 1.165) is 43.6 Å². The molecule has 0 bridgehead atoms. The first-order valence-corrected chi connectivity index (χ1v) is 10.7. The number of nitrogens with zero attached hydrogens (tertiary/aromatic N) is 5. The van der Waals surface area contributed by atoms with E-state index < -0.39 is 0 Å². The van der Waals surface area contributed by atoms with Crippen LogP contribution in [0.5, 0.6) is 0 Å². The van der Waals surface area contributed by atoms with Crippen LogP contribution in [-0.4, -0.2) is 50.3 Å². The summed E-state index contributed by atoms with van der Waals surface area (Å²) in [6.07, 6.45) is 11.2. The molecule has 0 radical (unpaired) electrons. The van der Waals surface area contributed by atoms with Gasteiger partial charge in [-0.15, -0.1) is 0 Å². The maximum absolute atomic E-state index is 12.2. The van der Waals surface area contributed by atoms with Crippen molar-refractivity contribution in [1.82, 2.24) is 24.1 Å². The van der Waals surface area contributed by atoms with E-state index in [9.17, 15) is 4.79 Å². The molecule has 0 aromatic carbocycles. The third-order valence-electron chi connectivity index (χ3n) is 6.69. The van der Waals surface area contributed by atoms with Crippen molar-refractivity contribution in [2.75, 3.05) is 26.2 Å². The first kappa shape index (κ1) is 19.4. The van der Waals surface area contributed by atoms with Gasteiger partial charge in [0.25, 0.3) is 5.56 Å². The van der Waals surface area contributed by atoms with E-state index in [1.54, 1.807) is 4.57 Å². The molecule has 2 aliphatic rings. The van der Waals surface area contributed by atoms with Gasteiger partial charge in [0.05, 0.1) is 6.20 Å². The summed E-state index contributed by atoms with van der Waals surface area (Å²) in [5, 5.41) is 4.28. The van der Waals surface area contributed by atoms with Gasteiger partial charge in [-0.1, -0.05) is 6.07 Å². The molecule has 4 rings (SSSR count). The minimum atomic E-state index is 0.144. The van der Waals surface area contributed by atoms with Crippen molar-refractivity contribution in [3.63, 3.8) is 0 Å². The summed E-state index contributed by atoms with van der Waals surface area (Å²) in [4.78, 5) is 17.3. The van der Waals surface area contributed by atoms with Crippen molar-refractivity contribution in [2.45, 2.75) is 38.8 Å². The van der Waals surface area contributed by atoms with Crippen LogP contribution in [0.25, 0.3) is 0 Å². The van der Waals surface area contributed by atoms with Gasteiger partial charge in [-0.05, 0) is 69.8 Å². The van der Waals surface area contributed by atoms with Gasteiger partial charge < -0.3 is 4.57 Å². The Hall–Kier alpha value is -1.92. The summed E-state index contributed by atoms with van der Waals surface area (Å²) >= 11 is 0. The van der Waals surface area contributed by atoms with Crippen molar-refractivity contribution < 1.29 is 0 Å². The lowest BCUT2D eigenvalue weighted by molar-refractivity contribution is 0.0908. The van der Waals surface area contributed by atoms with Crippen molar-refractivity contribution in [2.24, 2.45) is 25.9 Å². The highest BCUT2D eigenvalue weighted by molar-refractivity contribution is 5.10. The number of rotatable bonds is 5. The van der Waals surface area contributed by atoms with Crippen LogP contribution in [0.2, 0.25) is 0 Å². The average Bonchev–Trinajstić information content (AvgIpc) is 3.11. The average molecular weight is 384 g/mol. The summed E-state index contributed by atoms with van der Waals surface area (Å²) in [7, 11) is 3.82. The molecular formula is C22H33N5O. The third kappa shape index (κ3) is 4.55. The smallest absolute Gasteiger partial charge is 0.254 e. The van der Waals surface area contributed by atoms with Gasteiger partial charge in [-0.25, -0.2) is 0 Å². The number of aromatic nitrogens is 3. The van der Waals surface area contributed by atoms with Crippen LogP contribution in [0.4, 0.5) is 0 Å². The van der Waals surface area contributed by atoms with Gasteiger partial charge in [0.15, 0.2) is 0 Å².